The van der Waals surface area contributed by atoms with Crippen LogP contribution < -0.4 is 20.4 Å². The van der Waals surface area contributed by atoms with Crippen LogP contribution in [0.1, 0.15) is 47.0 Å². The number of aromatic amines is 1. The zero-order valence-corrected chi connectivity index (χ0v) is 22.4. The minimum atomic E-state index is -0.437. The molecule has 1 aliphatic rings. The summed E-state index contributed by atoms with van der Waals surface area (Å²) in [6.07, 6.45) is 2.17. The Balaban J connectivity index is 1.63. The van der Waals surface area contributed by atoms with Crippen molar-refractivity contribution in [1.82, 2.24) is 20.2 Å². The first-order valence-electron chi connectivity index (χ1n) is 12.0. The molecule has 0 atom stereocenters. The highest BCUT2D eigenvalue weighted by molar-refractivity contribution is 7.13. The lowest BCUT2D eigenvalue weighted by Crippen LogP contribution is -2.39. The van der Waals surface area contributed by atoms with Crippen LogP contribution in [0.25, 0.3) is 10.9 Å². The van der Waals surface area contributed by atoms with E-state index in [4.69, 9.17) is 0 Å². The van der Waals surface area contributed by atoms with Crippen molar-refractivity contribution in [2.24, 2.45) is 0 Å². The van der Waals surface area contributed by atoms with Crippen molar-refractivity contribution in [1.29, 1.82) is 0 Å². The Morgan fingerprint density at radius 2 is 1.81 bits per heavy atom. The predicted octanol–water partition coefficient (Wildman–Crippen LogP) is 2.67. The summed E-state index contributed by atoms with van der Waals surface area (Å²) in [4.78, 5) is 62.9. The Labute approximate surface area is 218 Å². The molecule has 2 heterocycles. The number of fused-ring (bicyclic) bond motifs is 1. The third-order valence-electron chi connectivity index (χ3n) is 6.13. The van der Waals surface area contributed by atoms with Gasteiger partial charge in [0.1, 0.15) is 11.5 Å². The predicted molar refractivity (Wildman–Crippen MR) is 145 cm³/mol. The van der Waals surface area contributed by atoms with E-state index in [2.05, 4.69) is 20.6 Å². The average molecular weight is 526 g/mol. The van der Waals surface area contributed by atoms with Crippen LogP contribution in [0.2, 0.25) is 0 Å². The molecule has 11 nitrogen and oxygen atoms in total. The first-order valence-corrected chi connectivity index (χ1v) is 12.9. The normalized spacial score (nSPS) is 12.8. The van der Waals surface area contributed by atoms with Gasteiger partial charge < -0.3 is 30.3 Å². The number of carbonyl (C=O) groups excluding carboxylic acids is 4. The fourth-order valence-electron chi connectivity index (χ4n) is 3.77. The Kier molecular flexibility index (Phi) is 7.48. The molecule has 1 saturated carbocycles. The topological polar surface area (TPSA) is 131 Å². The van der Waals surface area contributed by atoms with Crippen LogP contribution in [-0.2, 0) is 9.59 Å². The lowest BCUT2D eigenvalue weighted by atomic mass is 10.1. The zero-order valence-electron chi connectivity index (χ0n) is 21.5. The van der Waals surface area contributed by atoms with E-state index in [-0.39, 0.29) is 41.8 Å². The van der Waals surface area contributed by atoms with Gasteiger partial charge in [-0.25, -0.2) is 4.98 Å². The minimum Gasteiger partial charge on any atom is -0.354 e. The van der Waals surface area contributed by atoms with Crippen molar-refractivity contribution in [3.63, 3.8) is 0 Å². The number of anilines is 3. The third-order valence-corrected chi connectivity index (χ3v) is 7.14. The van der Waals surface area contributed by atoms with Crippen molar-refractivity contribution >= 4 is 62.5 Å². The quantitative estimate of drug-likeness (QED) is 0.394. The number of carbonyl (C=O) groups is 4. The molecule has 1 aromatic carbocycles. The van der Waals surface area contributed by atoms with Crippen molar-refractivity contribution < 1.29 is 19.2 Å². The van der Waals surface area contributed by atoms with Crippen LogP contribution in [-0.4, -0.2) is 79.3 Å². The number of H-pyrrole nitrogens is 1. The van der Waals surface area contributed by atoms with Crippen LogP contribution in [0.4, 0.5) is 16.6 Å². The molecule has 37 heavy (non-hydrogen) atoms. The van der Waals surface area contributed by atoms with Crippen molar-refractivity contribution in [2.45, 2.75) is 32.2 Å². The Morgan fingerprint density at radius 1 is 1.08 bits per heavy atom. The number of benzene rings is 1. The highest BCUT2D eigenvalue weighted by Crippen LogP contribution is 2.31. The maximum atomic E-state index is 13.1. The smallest absolute Gasteiger partial charge is 0.276 e. The van der Waals surface area contributed by atoms with Gasteiger partial charge in [0.25, 0.3) is 11.8 Å². The second-order valence-electron chi connectivity index (χ2n) is 9.27. The van der Waals surface area contributed by atoms with Gasteiger partial charge >= 0.3 is 0 Å². The molecular formula is C25H31N7O4S. The fourth-order valence-corrected chi connectivity index (χ4v) is 4.51. The van der Waals surface area contributed by atoms with Gasteiger partial charge in [0.15, 0.2) is 5.13 Å². The molecule has 4 rings (SSSR count). The van der Waals surface area contributed by atoms with E-state index < -0.39 is 5.91 Å². The monoisotopic (exact) mass is 525 g/mol. The van der Waals surface area contributed by atoms with Gasteiger partial charge in [-0.2, -0.15) is 0 Å². The summed E-state index contributed by atoms with van der Waals surface area (Å²) in [5.41, 5.74) is 1.74. The van der Waals surface area contributed by atoms with Crippen LogP contribution in [0.3, 0.4) is 0 Å². The summed E-state index contributed by atoms with van der Waals surface area (Å²) >= 11 is 1.35. The molecule has 3 N–H and O–H groups in total. The minimum absolute atomic E-state index is 0.0507. The first kappa shape index (κ1) is 26.1. The number of aromatic nitrogens is 2. The lowest BCUT2D eigenvalue weighted by Gasteiger charge is -2.22. The van der Waals surface area contributed by atoms with Gasteiger partial charge in [-0.1, -0.05) is 6.92 Å². The molecule has 0 unspecified atom stereocenters. The molecule has 3 aromatic rings. The number of likely N-dealkylation sites (N-methyl/N-ethyl adjacent to an activating group) is 2. The number of nitrogens with one attached hydrogen (secondary N) is 3. The number of hydrogen-bond acceptors (Lipinski definition) is 7. The molecule has 0 saturated heterocycles. The number of nitrogens with zero attached hydrogens (tertiary/aromatic N) is 4. The van der Waals surface area contributed by atoms with Gasteiger partial charge in [0.2, 0.25) is 11.8 Å². The molecule has 2 aromatic heterocycles. The van der Waals surface area contributed by atoms with Crippen molar-refractivity contribution in [3.8, 4) is 0 Å². The molecule has 0 radical (unpaired) electrons. The van der Waals surface area contributed by atoms with Crippen molar-refractivity contribution in [3.05, 3.63) is 34.8 Å². The number of thiazole rings is 1. The van der Waals surface area contributed by atoms with E-state index in [1.165, 1.54) is 21.1 Å². The average Bonchev–Trinajstić information content (AvgIpc) is 3.40. The van der Waals surface area contributed by atoms with E-state index in [0.717, 1.165) is 12.8 Å². The number of rotatable bonds is 9. The maximum absolute atomic E-state index is 13.1. The summed E-state index contributed by atoms with van der Waals surface area (Å²) < 4.78 is 0. The number of amides is 4. The van der Waals surface area contributed by atoms with E-state index in [9.17, 15) is 19.2 Å². The fraction of sp³-hybridized carbons (Fsp3) is 0.400. The summed E-state index contributed by atoms with van der Waals surface area (Å²) in [6, 6.07) is 5.36. The molecule has 1 aliphatic carbocycles. The van der Waals surface area contributed by atoms with Crippen LogP contribution >= 0.6 is 11.3 Å². The lowest BCUT2D eigenvalue weighted by molar-refractivity contribution is -0.133. The molecule has 0 bridgehead atoms. The zero-order chi connectivity index (χ0) is 26.9. The van der Waals surface area contributed by atoms with Gasteiger partial charge in [0.05, 0.1) is 12.1 Å². The SMILES string of the molecule is CCC(=O)N(C)CC(=O)N(C)c1ccc2c(C(=O)NC3CC3)c(NC(=O)c3csc(N(C)C)n3)[nH]c2c1. The second kappa shape index (κ2) is 10.6. The third kappa shape index (κ3) is 5.74. The van der Waals surface area contributed by atoms with E-state index >= 15 is 0 Å². The maximum Gasteiger partial charge on any atom is 0.276 e. The Hall–Kier alpha value is -3.93. The van der Waals surface area contributed by atoms with Gasteiger partial charge in [-0.15, -0.1) is 11.3 Å². The van der Waals surface area contributed by atoms with Crippen LogP contribution in [0.15, 0.2) is 23.6 Å². The molecule has 12 heteroatoms. The summed E-state index contributed by atoms with van der Waals surface area (Å²) in [6.45, 7) is 1.69. The van der Waals surface area contributed by atoms with Gasteiger partial charge in [-0.05, 0) is 31.0 Å². The largest absolute Gasteiger partial charge is 0.354 e. The van der Waals surface area contributed by atoms with E-state index in [1.54, 1.807) is 44.6 Å². The highest BCUT2D eigenvalue weighted by Gasteiger charge is 2.28. The Morgan fingerprint density at radius 3 is 2.43 bits per heavy atom. The molecule has 1 fully saturated rings. The summed E-state index contributed by atoms with van der Waals surface area (Å²) in [7, 11) is 6.91. The van der Waals surface area contributed by atoms with E-state index in [0.29, 0.717) is 33.7 Å². The Bertz CT molecular complexity index is 1360. The van der Waals surface area contributed by atoms with E-state index in [1.807, 2.05) is 19.0 Å². The van der Waals surface area contributed by atoms with Crippen LogP contribution in [0, 0.1) is 0 Å². The standard InChI is InChI=1S/C25H31N7O4S/c1-6-19(33)31(4)12-20(34)32(5)15-9-10-16-17(11-15)27-22(21(16)24(36)26-14-7-8-14)29-23(35)18-13-37-25(28-18)30(2)3/h9-11,13-14,27H,6-8,12H2,1-5H3,(H,26,36)(H,29,35). The van der Waals surface area contributed by atoms with Crippen molar-refractivity contribution in [2.75, 3.05) is 49.9 Å². The molecule has 196 valence electrons. The van der Waals surface area contributed by atoms with Crippen LogP contribution in [0.5, 0.6) is 0 Å². The molecular weight excluding hydrogens is 494 g/mol. The van der Waals surface area contributed by atoms with Gasteiger partial charge in [-0.3, -0.25) is 19.2 Å². The highest BCUT2D eigenvalue weighted by atomic mass is 32.1. The first-order chi connectivity index (χ1) is 17.6. The van der Waals surface area contributed by atoms with Gasteiger partial charge in [0, 0.05) is 62.6 Å². The summed E-state index contributed by atoms with van der Waals surface area (Å²) in [5.74, 6) is -0.834. The molecule has 4 amide bonds. The molecule has 0 aliphatic heterocycles. The number of hydrogen-bond donors (Lipinski definition) is 3. The molecule has 0 spiro atoms. The summed E-state index contributed by atoms with van der Waals surface area (Å²) in [5, 5.41) is 8.76. The second-order valence-corrected chi connectivity index (χ2v) is 10.1.